The average molecular weight is 209 g/mol. The van der Waals surface area contributed by atoms with Crippen molar-refractivity contribution < 1.29 is 9.90 Å². The van der Waals surface area contributed by atoms with Gasteiger partial charge in [0.15, 0.2) is 0 Å². The molecule has 0 radical (unpaired) electrons. The predicted molar refractivity (Wildman–Crippen MR) is 59.5 cm³/mol. The molecule has 0 aromatic carbocycles. The first-order valence-corrected chi connectivity index (χ1v) is 5.65. The highest BCUT2D eigenvalue weighted by Gasteiger charge is 2.31. The molecule has 0 amide bonds. The maximum Gasteiger partial charge on any atom is 0.381 e. The highest BCUT2D eigenvalue weighted by Crippen LogP contribution is 2.31. The van der Waals surface area contributed by atoms with Gasteiger partial charge in [-0.05, 0) is 32.4 Å². The van der Waals surface area contributed by atoms with Gasteiger partial charge >= 0.3 is 5.97 Å². The number of carboxylic acids is 1. The van der Waals surface area contributed by atoms with E-state index in [-0.39, 0.29) is 0 Å². The van der Waals surface area contributed by atoms with Crippen molar-refractivity contribution in [3.05, 3.63) is 0 Å². The summed E-state index contributed by atoms with van der Waals surface area (Å²) < 4.78 is 0. The molecule has 3 nitrogen and oxygen atoms in total. The van der Waals surface area contributed by atoms with Gasteiger partial charge in [0, 0.05) is 17.9 Å². The van der Waals surface area contributed by atoms with E-state index in [1.165, 1.54) is 6.42 Å². The maximum atomic E-state index is 10.2. The summed E-state index contributed by atoms with van der Waals surface area (Å²) in [5, 5.41) is 8.40. The van der Waals surface area contributed by atoms with E-state index < -0.39 is 5.97 Å². The molecule has 84 valence electrons. The van der Waals surface area contributed by atoms with Crippen LogP contribution in [0.2, 0.25) is 0 Å². The van der Waals surface area contributed by atoms with Gasteiger partial charge in [0.25, 0.3) is 0 Å². The van der Waals surface area contributed by atoms with Crippen LogP contribution in [-0.4, -0.2) is 35.1 Å². The number of carboxylic acid groups (broad SMARTS) is 1. The Bertz CT molecular complexity index is 271. The van der Waals surface area contributed by atoms with E-state index in [1.54, 1.807) is 0 Å². The maximum absolute atomic E-state index is 10.2. The van der Waals surface area contributed by atoms with Gasteiger partial charge in [-0.15, -0.1) is 0 Å². The zero-order valence-electron chi connectivity index (χ0n) is 9.49. The van der Waals surface area contributed by atoms with Gasteiger partial charge in [0.05, 0.1) is 0 Å². The third-order valence-corrected chi connectivity index (χ3v) is 2.93. The Balaban J connectivity index is 2.30. The average Bonchev–Trinajstić information content (AvgIpc) is 2.13. The van der Waals surface area contributed by atoms with Crippen molar-refractivity contribution in [2.75, 3.05) is 13.1 Å². The van der Waals surface area contributed by atoms with Crippen molar-refractivity contribution in [2.24, 2.45) is 5.92 Å². The second-order valence-electron chi connectivity index (χ2n) is 4.03. The van der Waals surface area contributed by atoms with E-state index in [4.69, 9.17) is 5.11 Å². The molecule has 0 heterocycles. The molecule has 15 heavy (non-hydrogen) atoms. The van der Waals surface area contributed by atoms with Crippen molar-refractivity contribution in [1.82, 2.24) is 4.90 Å². The van der Waals surface area contributed by atoms with Crippen molar-refractivity contribution in [2.45, 2.75) is 39.2 Å². The summed E-state index contributed by atoms with van der Waals surface area (Å²) in [4.78, 5) is 12.7. The van der Waals surface area contributed by atoms with Crippen LogP contribution in [0.15, 0.2) is 0 Å². The van der Waals surface area contributed by atoms with E-state index in [1.807, 2.05) is 0 Å². The van der Waals surface area contributed by atoms with Gasteiger partial charge < -0.3 is 10.0 Å². The van der Waals surface area contributed by atoms with Crippen molar-refractivity contribution in [3.8, 4) is 11.8 Å². The molecule has 1 N–H and O–H groups in total. The second kappa shape index (κ2) is 5.77. The molecule has 0 aromatic rings. The Hall–Kier alpha value is -1.01. The Morgan fingerprint density at radius 3 is 2.60 bits per heavy atom. The lowest BCUT2D eigenvalue weighted by atomic mass is 9.79. The van der Waals surface area contributed by atoms with Gasteiger partial charge in [-0.2, -0.15) is 0 Å². The van der Waals surface area contributed by atoms with Crippen molar-refractivity contribution >= 4 is 5.97 Å². The summed E-state index contributed by atoms with van der Waals surface area (Å²) >= 11 is 0. The van der Waals surface area contributed by atoms with Crippen LogP contribution in [0.4, 0.5) is 0 Å². The van der Waals surface area contributed by atoms with Crippen LogP contribution < -0.4 is 0 Å². The number of nitrogens with zero attached hydrogens (tertiary/aromatic N) is 1. The SMILES string of the molecule is CCCN(CC)C1CC(C#CC(=O)O)C1. The van der Waals surface area contributed by atoms with Gasteiger partial charge in [-0.3, -0.25) is 0 Å². The third kappa shape index (κ3) is 3.56. The normalized spacial score (nSPS) is 24.2. The summed E-state index contributed by atoms with van der Waals surface area (Å²) in [6, 6.07) is 0.628. The summed E-state index contributed by atoms with van der Waals surface area (Å²) in [7, 11) is 0. The number of hydrogen-bond donors (Lipinski definition) is 1. The van der Waals surface area contributed by atoms with Gasteiger partial charge in [-0.25, -0.2) is 4.79 Å². The fourth-order valence-electron chi connectivity index (χ4n) is 2.05. The second-order valence-corrected chi connectivity index (χ2v) is 4.03. The quantitative estimate of drug-likeness (QED) is 0.715. The van der Waals surface area contributed by atoms with Crippen LogP contribution in [0.5, 0.6) is 0 Å². The molecule has 1 aliphatic rings. The van der Waals surface area contributed by atoms with E-state index in [9.17, 15) is 4.79 Å². The predicted octanol–water partition coefficient (Wildman–Crippen LogP) is 1.58. The molecule has 0 unspecified atom stereocenters. The van der Waals surface area contributed by atoms with Crippen LogP contribution in [-0.2, 0) is 4.79 Å². The van der Waals surface area contributed by atoms with Crippen molar-refractivity contribution in [3.63, 3.8) is 0 Å². The van der Waals surface area contributed by atoms with Crippen LogP contribution in [0.3, 0.4) is 0 Å². The molecule has 0 aliphatic heterocycles. The first kappa shape index (κ1) is 12.1. The van der Waals surface area contributed by atoms with E-state index in [2.05, 4.69) is 30.6 Å². The fourth-order valence-corrected chi connectivity index (χ4v) is 2.05. The molecule has 1 saturated carbocycles. The molecule has 0 spiro atoms. The largest absolute Gasteiger partial charge is 0.472 e. The monoisotopic (exact) mass is 209 g/mol. The first-order chi connectivity index (χ1) is 7.17. The molecule has 1 fully saturated rings. The summed E-state index contributed by atoms with van der Waals surface area (Å²) in [5.74, 6) is 4.29. The van der Waals surface area contributed by atoms with Gasteiger partial charge in [0.2, 0.25) is 0 Å². The van der Waals surface area contributed by atoms with Gasteiger partial charge in [-0.1, -0.05) is 19.8 Å². The lowest BCUT2D eigenvalue weighted by molar-refractivity contribution is -0.130. The minimum Gasteiger partial charge on any atom is -0.472 e. The Kier molecular flexibility index (Phi) is 4.64. The highest BCUT2D eigenvalue weighted by molar-refractivity contribution is 5.86. The lowest BCUT2D eigenvalue weighted by Crippen LogP contribution is -2.44. The molecule has 1 aliphatic carbocycles. The molecule has 0 atom stereocenters. The summed E-state index contributed by atoms with van der Waals surface area (Å²) in [6.45, 7) is 6.58. The van der Waals surface area contributed by atoms with E-state index >= 15 is 0 Å². The molecule has 0 bridgehead atoms. The topological polar surface area (TPSA) is 40.5 Å². The molecular weight excluding hydrogens is 190 g/mol. The zero-order valence-corrected chi connectivity index (χ0v) is 9.49. The minimum atomic E-state index is -1.01. The molecular formula is C12H19NO2. The standard InChI is InChI=1S/C12H19NO2/c1-3-7-13(4-2)11-8-10(9-11)5-6-12(14)15/h10-11H,3-4,7-9H2,1-2H3,(H,14,15). The number of aliphatic carboxylic acids is 1. The zero-order chi connectivity index (χ0) is 11.3. The smallest absolute Gasteiger partial charge is 0.381 e. The van der Waals surface area contributed by atoms with Gasteiger partial charge in [0.1, 0.15) is 0 Å². The summed E-state index contributed by atoms with van der Waals surface area (Å²) in [5.41, 5.74) is 0. The van der Waals surface area contributed by atoms with E-state index in [0.717, 1.165) is 25.9 Å². The van der Waals surface area contributed by atoms with Crippen LogP contribution in [0, 0.1) is 17.8 Å². The summed E-state index contributed by atoms with van der Waals surface area (Å²) in [6.07, 6.45) is 3.25. The van der Waals surface area contributed by atoms with Crippen LogP contribution >= 0.6 is 0 Å². The molecule has 1 rings (SSSR count). The lowest BCUT2D eigenvalue weighted by Gasteiger charge is -2.40. The van der Waals surface area contributed by atoms with E-state index in [0.29, 0.717) is 12.0 Å². The van der Waals surface area contributed by atoms with Crippen molar-refractivity contribution in [1.29, 1.82) is 0 Å². The fraction of sp³-hybridized carbons (Fsp3) is 0.750. The minimum absolute atomic E-state index is 0.303. The van der Waals surface area contributed by atoms with Crippen LogP contribution in [0.1, 0.15) is 33.1 Å². The van der Waals surface area contributed by atoms with Crippen LogP contribution in [0.25, 0.3) is 0 Å². The number of hydrogen-bond acceptors (Lipinski definition) is 2. The third-order valence-electron chi connectivity index (χ3n) is 2.93. The number of rotatable bonds is 4. The Labute approximate surface area is 91.5 Å². The Morgan fingerprint density at radius 1 is 1.47 bits per heavy atom. The number of carbonyl (C=O) groups is 1. The molecule has 3 heteroatoms. The molecule has 0 aromatic heterocycles. The highest BCUT2D eigenvalue weighted by atomic mass is 16.4. The molecule has 0 saturated heterocycles. The Morgan fingerprint density at radius 2 is 2.13 bits per heavy atom. The first-order valence-electron chi connectivity index (χ1n) is 5.65.